The van der Waals surface area contributed by atoms with Crippen molar-refractivity contribution in [2.24, 2.45) is 11.8 Å². The molecule has 0 fully saturated rings. The Bertz CT molecular complexity index is 787. The van der Waals surface area contributed by atoms with Gasteiger partial charge in [0.1, 0.15) is 5.75 Å². The van der Waals surface area contributed by atoms with Crippen LogP contribution in [-0.2, 0) is 11.3 Å². The molecule has 3 N–H and O–H groups in total. The van der Waals surface area contributed by atoms with Gasteiger partial charge in [0.05, 0.1) is 13.0 Å². The molecule has 28 heavy (non-hydrogen) atoms. The van der Waals surface area contributed by atoms with Crippen LogP contribution in [0.3, 0.4) is 0 Å². The molecule has 0 saturated carbocycles. The van der Waals surface area contributed by atoms with Crippen molar-refractivity contribution in [2.75, 3.05) is 19.0 Å². The van der Waals surface area contributed by atoms with E-state index in [0.29, 0.717) is 42.4 Å². The third kappa shape index (κ3) is 6.70. The molecule has 2 aromatic carbocycles. The van der Waals surface area contributed by atoms with E-state index in [0.717, 1.165) is 5.56 Å². The van der Waals surface area contributed by atoms with Crippen molar-refractivity contribution in [3.8, 4) is 5.75 Å². The van der Waals surface area contributed by atoms with Gasteiger partial charge in [0, 0.05) is 24.3 Å². The molecule has 0 heterocycles. The maximum absolute atomic E-state index is 12.4. The minimum absolute atomic E-state index is 0.198. The third-order valence-corrected chi connectivity index (χ3v) is 4.36. The van der Waals surface area contributed by atoms with Crippen molar-refractivity contribution in [3.05, 3.63) is 59.7 Å². The Morgan fingerprint density at radius 1 is 1.11 bits per heavy atom. The van der Waals surface area contributed by atoms with Gasteiger partial charge in [0.15, 0.2) is 0 Å². The number of amides is 1. The van der Waals surface area contributed by atoms with Crippen LogP contribution in [-0.4, -0.2) is 30.6 Å². The van der Waals surface area contributed by atoms with Crippen molar-refractivity contribution >= 4 is 17.6 Å². The first-order chi connectivity index (χ1) is 13.4. The second kappa shape index (κ2) is 10.5. The van der Waals surface area contributed by atoms with Crippen LogP contribution in [0.15, 0.2) is 48.5 Å². The van der Waals surface area contributed by atoms with Crippen LogP contribution in [0.4, 0.5) is 5.69 Å². The number of carbonyl (C=O) groups excluding carboxylic acids is 1. The van der Waals surface area contributed by atoms with Crippen molar-refractivity contribution in [3.63, 3.8) is 0 Å². The zero-order valence-electron chi connectivity index (χ0n) is 16.6. The van der Waals surface area contributed by atoms with E-state index >= 15 is 0 Å². The number of carboxylic acid groups (broad SMARTS) is 1. The van der Waals surface area contributed by atoms with E-state index in [1.807, 2.05) is 38.1 Å². The molecule has 1 amide bonds. The van der Waals surface area contributed by atoms with Crippen LogP contribution in [0.2, 0.25) is 0 Å². The lowest BCUT2D eigenvalue weighted by Gasteiger charge is -2.15. The second-order valence-electron chi connectivity index (χ2n) is 7.18. The summed E-state index contributed by atoms with van der Waals surface area (Å²) < 4.78 is 5.10. The number of hydrogen-bond acceptors (Lipinski definition) is 4. The van der Waals surface area contributed by atoms with Gasteiger partial charge in [-0.15, -0.1) is 0 Å². The number of rotatable bonds is 10. The van der Waals surface area contributed by atoms with Gasteiger partial charge >= 0.3 is 5.97 Å². The summed E-state index contributed by atoms with van der Waals surface area (Å²) >= 11 is 0. The van der Waals surface area contributed by atoms with E-state index in [-0.39, 0.29) is 5.91 Å². The fourth-order valence-electron chi connectivity index (χ4n) is 2.94. The average molecular weight is 384 g/mol. The Labute approximate surface area is 165 Å². The van der Waals surface area contributed by atoms with Crippen LogP contribution >= 0.6 is 0 Å². The molecule has 6 heteroatoms. The van der Waals surface area contributed by atoms with E-state index in [2.05, 4.69) is 10.6 Å². The standard InChI is InChI=1S/C22H28N2O4/c1-15(2)11-18(22(26)27)14-23-13-16-5-4-6-19(12-16)24-21(25)17-7-9-20(28-3)10-8-17/h4-10,12,15,18,23H,11,13-14H2,1-3H3,(H,24,25)(H,26,27). The lowest BCUT2D eigenvalue weighted by Crippen LogP contribution is -2.29. The number of methoxy groups -OCH3 is 1. The molecule has 0 aliphatic carbocycles. The molecule has 150 valence electrons. The number of aliphatic carboxylic acids is 1. The first-order valence-electron chi connectivity index (χ1n) is 9.37. The normalized spacial score (nSPS) is 11.9. The number of anilines is 1. The van der Waals surface area contributed by atoms with E-state index < -0.39 is 11.9 Å². The maximum Gasteiger partial charge on any atom is 0.307 e. The SMILES string of the molecule is COc1ccc(C(=O)Nc2cccc(CNCC(CC(C)C)C(=O)O)c2)cc1. The fourth-order valence-corrected chi connectivity index (χ4v) is 2.94. The molecular formula is C22H28N2O4. The van der Waals surface area contributed by atoms with Gasteiger partial charge in [-0.2, -0.15) is 0 Å². The lowest BCUT2D eigenvalue weighted by molar-refractivity contribution is -0.142. The molecule has 0 aliphatic heterocycles. The highest BCUT2D eigenvalue weighted by atomic mass is 16.5. The molecule has 0 aromatic heterocycles. The average Bonchev–Trinajstić information content (AvgIpc) is 2.67. The minimum atomic E-state index is -0.776. The Kier molecular flexibility index (Phi) is 8.02. The van der Waals surface area contributed by atoms with Gasteiger partial charge in [-0.1, -0.05) is 26.0 Å². The molecule has 6 nitrogen and oxygen atoms in total. The van der Waals surface area contributed by atoms with E-state index in [1.54, 1.807) is 31.4 Å². The van der Waals surface area contributed by atoms with Gasteiger partial charge in [0.25, 0.3) is 5.91 Å². The van der Waals surface area contributed by atoms with E-state index in [1.165, 1.54) is 0 Å². The van der Waals surface area contributed by atoms with Crippen LogP contribution in [0.5, 0.6) is 5.75 Å². The molecule has 0 radical (unpaired) electrons. The highest BCUT2D eigenvalue weighted by molar-refractivity contribution is 6.04. The van der Waals surface area contributed by atoms with Crippen LogP contribution < -0.4 is 15.4 Å². The molecule has 0 bridgehead atoms. The molecule has 2 aromatic rings. The number of hydrogen-bond donors (Lipinski definition) is 3. The summed E-state index contributed by atoms with van der Waals surface area (Å²) in [6.07, 6.45) is 0.639. The summed E-state index contributed by atoms with van der Waals surface area (Å²) in [5.74, 6) is -0.351. The van der Waals surface area contributed by atoms with Gasteiger partial charge < -0.3 is 20.5 Å². The largest absolute Gasteiger partial charge is 0.497 e. The Morgan fingerprint density at radius 2 is 1.82 bits per heavy atom. The summed E-state index contributed by atoms with van der Waals surface area (Å²) in [4.78, 5) is 23.7. The first kappa shape index (κ1) is 21.4. The Balaban J connectivity index is 1.92. The van der Waals surface area contributed by atoms with Crippen LogP contribution in [0.1, 0.15) is 36.2 Å². The number of ether oxygens (including phenoxy) is 1. The van der Waals surface area contributed by atoms with Gasteiger partial charge in [0.2, 0.25) is 0 Å². The predicted molar refractivity (Wildman–Crippen MR) is 110 cm³/mol. The van der Waals surface area contributed by atoms with Gasteiger partial charge in [-0.05, 0) is 54.3 Å². The molecule has 0 spiro atoms. The van der Waals surface area contributed by atoms with Crippen LogP contribution in [0, 0.1) is 11.8 Å². The van der Waals surface area contributed by atoms with Crippen molar-refractivity contribution in [1.82, 2.24) is 5.32 Å². The third-order valence-electron chi connectivity index (χ3n) is 4.36. The topological polar surface area (TPSA) is 87.7 Å². The minimum Gasteiger partial charge on any atom is -0.497 e. The first-order valence-corrected chi connectivity index (χ1v) is 9.37. The van der Waals surface area contributed by atoms with Crippen LogP contribution in [0.25, 0.3) is 0 Å². The Hall–Kier alpha value is -2.86. The monoisotopic (exact) mass is 384 g/mol. The zero-order chi connectivity index (χ0) is 20.5. The number of benzene rings is 2. The molecule has 1 atom stereocenters. The van der Waals surface area contributed by atoms with E-state index in [4.69, 9.17) is 4.74 Å². The van der Waals surface area contributed by atoms with Crippen molar-refractivity contribution in [1.29, 1.82) is 0 Å². The number of carboxylic acids is 1. The molecule has 1 unspecified atom stereocenters. The molecule has 0 saturated heterocycles. The summed E-state index contributed by atoms with van der Waals surface area (Å²) in [5.41, 5.74) is 2.21. The van der Waals surface area contributed by atoms with Gasteiger partial charge in [-0.25, -0.2) is 0 Å². The zero-order valence-corrected chi connectivity index (χ0v) is 16.6. The second-order valence-corrected chi connectivity index (χ2v) is 7.18. The summed E-state index contributed by atoms with van der Waals surface area (Å²) in [7, 11) is 1.58. The highest BCUT2D eigenvalue weighted by Gasteiger charge is 2.18. The fraction of sp³-hybridized carbons (Fsp3) is 0.364. The molecule has 2 rings (SSSR count). The summed E-state index contributed by atoms with van der Waals surface area (Å²) in [6, 6.07) is 14.4. The number of carbonyl (C=O) groups is 2. The van der Waals surface area contributed by atoms with Crippen molar-refractivity contribution < 1.29 is 19.4 Å². The summed E-state index contributed by atoms with van der Waals surface area (Å²) in [5, 5.41) is 15.4. The summed E-state index contributed by atoms with van der Waals surface area (Å²) in [6.45, 7) is 4.99. The predicted octanol–water partition coefficient (Wildman–Crippen LogP) is 3.78. The maximum atomic E-state index is 12.4. The van der Waals surface area contributed by atoms with Crippen molar-refractivity contribution in [2.45, 2.75) is 26.8 Å². The van der Waals surface area contributed by atoms with E-state index in [9.17, 15) is 14.7 Å². The lowest BCUT2D eigenvalue weighted by atomic mass is 9.97. The molecule has 0 aliphatic rings. The molecular weight excluding hydrogens is 356 g/mol. The van der Waals surface area contributed by atoms with Gasteiger partial charge in [-0.3, -0.25) is 9.59 Å². The quantitative estimate of drug-likeness (QED) is 0.580. The Morgan fingerprint density at radius 3 is 2.43 bits per heavy atom. The number of nitrogens with one attached hydrogen (secondary N) is 2. The smallest absolute Gasteiger partial charge is 0.307 e. The highest BCUT2D eigenvalue weighted by Crippen LogP contribution is 2.16.